The second-order valence-electron chi connectivity index (χ2n) is 6.88. The smallest absolute Gasteiger partial charge is 0.339 e. The molecule has 1 aliphatic heterocycles. The monoisotopic (exact) mass is 354 g/mol. The van der Waals surface area contributed by atoms with Crippen LogP contribution in [0, 0.1) is 0 Å². The number of aryl methyl sites for hydroxylation is 1. The number of carbonyl (C=O) groups is 2. The molecule has 1 aliphatic carbocycles. The number of rotatable bonds is 3. The summed E-state index contributed by atoms with van der Waals surface area (Å²) in [6, 6.07) is 7.60. The summed E-state index contributed by atoms with van der Waals surface area (Å²) in [6.45, 7) is 3.27. The minimum atomic E-state index is -0.434. The Morgan fingerprint density at radius 1 is 1.31 bits per heavy atom. The molecule has 1 fully saturated rings. The molecular formula is C20H22N2O4. The van der Waals surface area contributed by atoms with E-state index in [4.69, 9.17) is 9.47 Å². The third kappa shape index (κ3) is 3.17. The molecule has 1 unspecified atom stereocenters. The van der Waals surface area contributed by atoms with Crippen LogP contribution in [-0.2, 0) is 27.1 Å². The van der Waals surface area contributed by atoms with E-state index in [0.29, 0.717) is 25.3 Å². The Kier molecular flexibility index (Phi) is 4.59. The third-order valence-corrected chi connectivity index (χ3v) is 5.04. The molecule has 4 rings (SSSR count). The van der Waals surface area contributed by atoms with E-state index in [0.717, 1.165) is 41.4 Å². The lowest BCUT2D eigenvalue weighted by Crippen LogP contribution is -2.46. The quantitative estimate of drug-likeness (QED) is 0.790. The molecule has 2 aliphatic rings. The van der Waals surface area contributed by atoms with Crippen LogP contribution in [0.2, 0.25) is 0 Å². The maximum atomic E-state index is 12.8. The molecule has 136 valence electrons. The largest absolute Gasteiger partial charge is 0.452 e. The number of hydrogen-bond donors (Lipinski definition) is 0. The average Bonchev–Trinajstić information content (AvgIpc) is 3.11. The van der Waals surface area contributed by atoms with Gasteiger partial charge in [0.2, 0.25) is 0 Å². The normalized spacial score (nSPS) is 19.4. The van der Waals surface area contributed by atoms with Gasteiger partial charge in [-0.05, 0) is 37.8 Å². The molecule has 6 heteroatoms. The molecule has 1 atom stereocenters. The van der Waals surface area contributed by atoms with Crippen molar-refractivity contribution in [2.45, 2.75) is 32.3 Å². The molecule has 1 aromatic heterocycles. The second kappa shape index (κ2) is 7.03. The van der Waals surface area contributed by atoms with Crippen molar-refractivity contribution in [3.63, 3.8) is 0 Å². The predicted octanol–water partition coefficient (Wildman–Crippen LogP) is 2.13. The van der Waals surface area contributed by atoms with Gasteiger partial charge in [-0.2, -0.15) is 0 Å². The number of pyridine rings is 1. The van der Waals surface area contributed by atoms with Crippen molar-refractivity contribution in [2.75, 3.05) is 26.3 Å². The van der Waals surface area contributed by atoms with Gasteiger partial charge >= 0.3 is 5.97 Å². The van der Waals surface area contributed by atoms with Crippen molar-refractivity contribution >= 4 is 22.8 Å². The third-order valence-electron chi connectivity index (χ3n) is 5.04. The molecule has 1 saturated heterocycles. The van der Waals surface area contributed by atoms with Crippen molar-refractivity contribution < 1.29 is 19.1 Å². The summed E-state index contributed by atoms with van der Waals surface area (Å²) in [7, 11) is 0. The Hall–Kier alpha value is -2.47. The number of esters is 1. The molecule has 0 spiro atoms. The molecule has 1 aromatic carbocycles. The van der Waals surface area contributed by atoms with Gasteiger partial charge in [0.15, 0.2) is 6.61 Å². The standard InChI is InChI=1S/C20H22N2O4/c1-13-11-22(9-10-25-13)18(23)12-26-20(24)19-14-5-2-3-7-16(14)21-17-8-4-6-15(17)19/h2-3,5,7,13H,4,6,8-12H2,1H3. The van der Waals surface area contributed by atoms with Gasteiger partial charge < -0.3 is 14.4 Å². The van der Waals surface area contributed by atoms with Gasteiger partial charge in [-0.3, -0.25) is 9.78 Å². The molecule has 0 saturated carbocycles. The topological polar surface area (TPSA) is 68.7 Å². The lowest BCUT2D eigenvalue weighted by molar-refractivity contribution is -0.141. The van der Waals surface area contributed by atoms with Crippen LogP contribution >= 0.6 is 0 Å². The van der Waals surface area contributed by atoms with Crippen LogP contribution < -0.4 is 0 Å². The van der Waals surface area contributed by atoms with Gasteiger partial charge in [0.05, 0.1) is 23.8 Å². The van der Waals surface area contributed by atoms with E-state index in [-0.39, 0.29) is 18.6 Å². The fourth-order valence-electron chi connectivity index (χ4n) is 3.78. The molecule has 0 N–H and O–H groups in total. The first kappa shape index (κ1) is 17.0. The molecule has 0 radical (unpaired) electrons. The SMILES string of the molecule is CC1CN(C(=O)COC(=O)c2c3c(nc4ccccc24)CCC3)CCO1. The van der Waals surface area contributed by atoms with E-state index in [1.165, 1.54) is 0 Å². The lowest BCUT2D eigenvalue weighted by Gasteiger charge is -2.31. The molecule has 6 nitrogen and oxygen atoms in total. The minimum absolute atomic E-state index is 0.0100. The van der Waals surface area contributed by atoms with E-state index in [2.05, 4.69) is 4.98 Å². The van der Waals surface area contributed by atoms with Crippen molar-refractivity contribution in [2.24, 2.45) is 0 Å². The van der Waals surface area contributed by atoms with Crippen LogP contribution in [0.4, 0.5) is 0 Å². The Balaban J connectivity index is 1.54. The van der Waals surface area contributed by atoms with Crippen LogP contribution in [0.15, 0.2) is 24.3 Å². The first-order valence-electron chi connectivity index (χ1n) is 9.10. The number of morpholine rings is 1. The van der Waals surface area contributed by atoms with E-state index in [1.54, 1.807) is 4.90 Å². The van der Waals surface area contributed by atoms with Crippen LogP contribution in [0.1, 0.15) is 35.0 Å². The zero-order valence-electron chi connectivity index (χ0n) is 14.9. The van der Waals surface area contributed by atoms with Gasteiger partial charge in [0.1, 0.15) is 0 Å². The number of ether oxygens (including phenoxy) is 2. The van der Waals surface area contributed by atoms with Gasteiger partial charge in [0, 0.05) is 24.2 Å². The van der Waals surface area contributed by atoms with E-state index >= 15 is 0 Å². The zero-order chi connectivity index (χ0) is 18.1. The Morgan fingerprint density at radius 3 is 3.00 bits per heavy atom. The van der Waals surface area contributed by atoms with Crippen LogP contribution in [0.25, 0.3) is 10.9 Å². The number of amides is 1. The summed E-state index contributed by atoms with van der Waals surface area (Å²) in [4.78, 5) is 31.6. The maximum Gasteiger partial charge on any atom is 0.339 e. The fourth-order valence-corrected chi connectivity index (χ4v) is 3.78. The predicted molar refractivity (Wildman–Crippen MR) is 96.0 cm³/mol. The number of aromatic nitrogens is 1. The first-order chi connectivity index (χ1) is 12.6. The highest BCUT2D eigenvalue weighted by Crippen LogP contribution is 2.30. The van der Waals surface area contributed by atoms with Crippen LogP contribution in [-0.4, -0.2) is 54.2 Å². The van der Waals surface area contributed by atoms with E-state index in [9.17, 15) is 9.59 Å². The van der Waals surface area contributed by atoms with Crippen molar-refractivity contribution in [1.29, 1.82) is 0 Å². The Bertz CT molecular complexity index is 864. The highest BCUT2D eigenvalue weighted by molar-refractivity contribution is 6.05. The molecular weight excluding hydrogens is 332 g/mol. The average molecular weight is 354 g/mol. The summed E-state index contributed by atoms with van der Waals surface area (Å²) >= 11 is 0. The van der Waals surface area contributed by atoms with E-state index < -0.39 is 5.97 Å². The van der Waals surface area contributed by atoms with Gasteiger partial charge in [-0.1, -0.05) is 18.2 Å². The summed E-state index contributed by atoms with van der Waals surface area (Å²) in [5.74, 6) is -0.611. The summed E-state index contributed by atoms with van der Waals surface area (Å²) < 4.78 is 10.9. The maximum absolute atomic E-state index is 12.8. The molecule has 26 heavy (non-hydrogen) atoms. The Labute approximate surface area is 152 Å². The number of nitrogens with zero attached hydrogens (tertiary/aromatic N) is 2. The van der Waals surface area contributed by atoms with Crippen molar-refractivity contribution in [3.05, 3.63) is 41.1 Å². The van der Waals surface area contributed by atoms with Crippen molar-refractivity contribution in [3.8, 4) is 0 Å². The van der Waals surface area contributed by atoms with Gasteiger partial charge in [0.25, 0.3) is 5.91 Å². The number of benzene rings is 1. The van der Waals surface area contributed by atoms with Gasteiger partial charge in [-0.25, -0.2) is 4.79 Å². The summed E-state index contributed by atoms with van der Waals surface area (Å²) in [5.41, 5.74) is 3.32. The second-order valence-corrected chi connectivity index (χ2v) is 6.88. The molecule has 2 heterocycles. The minimum Gasteiger partial charge on any atom is -0.452 e. The van der Waals surface area contributed by atoms with Gasteiger partial charge in [-0.15, -0.1) is 0 Å². The Morgan fingerprint density at radius 2 is 2.15 bits per heavy atom. The number of para-hydroxylation sites is 1. The number of hydrogen-bond acceptors (Lipinski definition) is 5. The van der Waals surface area contributed by atoms with E-state index in [1.807, 2.05) is 31.2 Å². The molecule has 0 bridgehead atoms. The molecule has 1 amide bonds. The zero-order valence-corrected chi connectivity index (χ0v) is 14.9. The number of carbonyl (C=O) groups excluding carboxylic acids is 2. The lowest BCUT2D eigenvalue weighted by atomic mass is 10.0. The first-order valence-corrected chi connectivity index (χ1v) is 9.10. The highest BCUT2D eigenvalue weighted by Gasteiger charge is 2.26. The molecule has 2 aromatic rings. The summed E-state index contributed by atoms with van der Waals surface area (Å²) in [6.07, 6.45) is 2.71. The highest BCUT2D eigenvalue weighted by atomic mass is 16.5. The number of fused-ring (bicyclic) bond motifs is 2. The van der Waals surface area contributed by atoms with Crippen molar-refractivity contribution in [1.82, 2.24) is 9.88 Å². The van der Waals surface area contributed by atoms with Crippen LogP contribution in [0.3, 0.4) is 0 Å². The summed E-state index contributed by atoms with van der Waals surface area (Å²) in [5, 5.41) is 0.797. The van der Waals surface area contributed by atoms with Crippen LogP contribution in [0.5, 0.6) is 0 Å². The fraction of sp³-hybridized carbons (Fsp3) is 0.450.